The smallest absolute Gasteiger partial charge is 0.254 e. The predicted molar refractivity (Wildman–Crippen MR) is 91.2 cm³/mol. The van der Waals surface area contributed by atoms with Crippen LogP contribution in [0, 0.1) is 5.92 Å². The van der Waals surface area contributed by atoms with Crippen LogP contribution in [0.2, 0.25) is 0 Å². The van der Waals surface area contributed by atoms with Gasteiger partial charge in [-0.05, 0) is 43.9 Å². The molecule has 5 heteroatoms. The summed E-state index contributed by atoms with van der Waals surface area (Å²) in [6.07, 6.45) is 3.13. The van der Waals surface area contributed by atoms with Crippen LogP contribution in [-0.2, 0) is 4.74 Å². The van der Waals surface area contributed by atoms with Gasteiger partial charge in [-0.3, -0.25) is 4.79 Å². The van der Waals surface area contributed by atoms with E-state index < -0.39 is 0 Å². The van der Waals surface area contributed by atoms with Crippen LogP contribution < -0.4 is 4.74 Å². The summed E-state index contributed by atoms with van der Waals surface area (Å²) in [7, 11) is 0. The second-order valence-electron chi connectivity index (χ2n) is 6.68. The fourth-order valence-electron chi connectivity index (χ4n) is 3.71. The molecule has 1 aromatic rings. The molecule has 2 aliphatic heterocycles. The van der Waals surface area contributed by atoms with Gasteiger partial charge in [-0.15, -0.1) is 0 Å². The number of aliphatic hydroxyl groups is 1. The number of carbonyl (C=O) groups excluding carboxylic acids is 1. The number of amides is 1. The Morgan fingerprint density at radius 1 is 1.42 bits per heavy atom. The quantitative estimate of drug-likeness (QED) is 0.899. The largest absolute Gasteiger partial charge is 0.494 e. The lowest BCUT2D eigenvalue weighted by molar-refractivity contribution is -0.0589. The molecule has 0 radical (unpaired) electrons. The molecule has 2 heterocycles. The van der Waals surface area contributed by atoms with Gasteiger partial charge in [-0.25, -0.2) is 0 Å². The van der Waals surface area contributed by atoms with Crippen LogP contribution >= 0.6 is 0 Å². The van der Waals surface area contributed by atoms with Crippen molar-refractivity contribution in [1.82, 2.24) is 4.90 Å². The zero-order valence-corrected chi connectivity index (χ0v) is 14.3. The molecule has 0 unspecified atom stereocenters. The molecule has 24 heavy (non-hydrogen) atoms. The molecule has 0 spiro atoms. The van der Waals surface area contributed by atoms with Crippen LogP contribution in [0.15, 0.2) is 24.3 Å². The fourth-order valence-corrected chi connectivity index (χ4v) is 3.71. The van der Waals surface area contributed by atoms with E-state index in [0.29, 0.717) is 31.8 Å². The van der Waals surface area contributed by atoms with E-state index in [1.807, 2.05) is 29.2 Å². The number of likely N-dealkylation sites (tertiary alicyclic amines) is 1. The first kappa shape index (κ1) is 17.2. The summed E-state index contributed by atoms with van der Waals surface area (Å²) in [5.74, 6) is 0.779. The minimum atomic E-state index is -0.378. The number of hydrogen-bond acceptors (Lipinski definition) is 4. The third-order valence-electron chi connectivity index (χ3n) is 4.97. The molecule has 0 aliphatic carbocycles. The molecule has 0 bridgehead atoms. The van der Waals surface area contributed by atoms with Gasteiger partial charge in [0.15, 0.2) is 0 Å². The number of nitrogens with zero attached hydrogens (tertiary/aromatic N) is 1. The highest BCUT2D eigenvalue weighted by Gasteiger charge is 2.39. The van der Waals surface area contributed by atoms with Gasteiger partial charge in [-0.2, -0.15) is 0 Å². The maximum Gasteiger partial charge on any atom is 0.254 e. The SMILES string of the molecule is CCCOc1cccc(C(=O)N2CCC[C@@H]2[C@H]2COCC[C@@H]2O)c1. The highest BCUT2D eigenvalue weighted by molar-refractivity contribution is 5.95. The molecule has 3 atom stereocenters. The van der Waals surface area contributed by atoms with Gasteiger partial charge in [-0.1, -0.05) is 13.0 Å². The number of benzene rings is 1. The number of carbonyl (C=O) groups is 1. The van der Waals surface area contributed by atoms with Crippen LogP contribution in [0.5, 0.6) is 5.75 Å². The first-order valence-electron chi connectivity index (χ1n) is 9.00. The number of aliphatic hydroxyl groups excluding tert-OH is 1. The average molecular weight is 333 g/mol. The second kappa shape index (κ2) is 7.99. The van der Waals surface area contributed by atoms with Gasteiger partial charge in [0.1, 0.15) is 5.75 Å². The molecule has 5 nitrogen and oxygen atoms in total. The Kier molecular flexibility index (Phi) is 5.74. The molecule has 1 aromatic carbocycles. The molecule has 1 N–H and O–H groups in total. The van der Waals surface area contributed by atoms with E-state index in [1.165, 1.54) is 0 Å². The van der Waals surface area contributed by atoms with Crippen LogP contribution in [0.3, 0.4) is 0 Å². The summed E-state index contributed by atoms with van der Waals surface area (Å²) < 4.78 is 11.2. The Morgan fingerprint density at radius 2 is 2.29 bits per heavy atom. The maximum absolute atomic E-state index is 13.0. The molecule has 132 valence electrons. The predicted octanol–water partition coefficient (Wildman–Crippen LogP) is 2.48. The van der Waals surface area contributed by atoms with Crippen LogP contribution in [0.4, 0.5) is 0 Å². The molecule has 0 saturated carbocycles. The van der Waals surface area contributed by atoms with E-state index in [-0.39, 0.29) is 24.0 Å². The molecule has 1 amide bonds. The first-order valence-corrected chi connectivity index (χ1v) is 9.00. The zero-order valence-electron chi connectivity index (χ0n) is 14.3. The molecular formula is C19H27NO4. The average Bonchev–Trinajstić information content (AvgIpc) is 3.09. The minimum absolute atomic E-state index is 0.0183. The summed E-state index contributed by atoms with van der Waals surface area (Å²) in [6.45, 7) is 4.59. The van der Waals surface area contributed by atoms with Crippen molar-refractivity contribution in [3.05, 3.63) is 29.8 Å². The Labute approximate surface area is 143 Å². The van der Waals surface area contributed by atoms with Crippen molar-refractivity contribution >= 4 is 5.91 Å². The van der Waals surface area contributed by atoms with Crippen molar-refractivity contribution in [1.29, 1.82) is 0 Å². The lowest BCUT2D eigenvalue weighted by Crippen LogP contribution is -2.48. The van der Waals surface area contributed by atoms with Gasteiger partial charge < -0.3 is 19.5 Å². The molecule has 3 rings (SSSR count). The van der Waals surface area contributed by atoms with Gasteiger partial charge in [0.05, 0.1) is 19.3 Å². The lowest BCUT2D eigenvalue weighted by atomic mass is 9.89. The molecular weight excluding hydrogens is 306 g/mol. The normalized spacial score (nSPS) is 27.2. The van der Waals surface area contributed by atoms with E-state index in [1.54, 1.807) is 0 Å². The van der Waals surface area contributed by atoms with E-state index >= 15 is 0 Å². The van der Waals surface area contributed by atoms with E-state index in [9.17, 15) is 9.90 Å². The van der Waals surface area contributed by atoms with Crippen LogP contribution in [0.25, 0.3) is 0 Å². The van der Waals surface area contributed by atoms with Gasteiger partial charge in [0.25, 0.3) is 5.91 Å². The summed E-state index contributed by atoms with van der Waals surface area (Å²) in [4.78, 5) is 14.9. The molecule has 2 aliphatic rings. The fraction of sp³-hybridized carbons (Fsp3) is 0.632. The van der Waals surface area contributed by atoms with Crippen molar-refractivity contribution in [3.8, 4) is 5.75 Å². The minimum Gasteiger partial charge on any atom is -0.494 e. The summed E-state index contributed by atoms with van der Waals surface area (Å²) in [5, 5.41) is 10.3. The summed E-state index contributed by atoms with van der Waals surface area (Å²) in [6, 6.07) is 7.47. The second-order valence-corrected chi connectivity index (χ2v) is 6.68. The summed E-state index contributed by atoms with van der Waals surface area (Å²) >= 11 is 0. The standard InChI is InChI=1S/C19H27NO4/c1-2-10-24-15-6-3-5-14(12-15)19(22)20-9-4-7-17(20)16-13-23-11-8-18(16)21/h3,5-6,12,16-18,21H,2,4,7-11,13H2,1H3/t16-,17-,18+/m1/s1. The zero-order chi connectivity index (χ0) is 16.9. The van der Waals surface area contributed by atoms with Gasteiger partial charge in [0, 0.05) is 30.7 Å². The topological polar surface area (TPSA) is 59.0 Å². The van der Waals surface area contributed by atoms with Crippen molar-refractivity contribution < 1.29 is 19.4 Å². The van der Waals surface area contributed by atoms with Crippen molar-refractivity contribution in [2.24, 2.45) is 5.92 Å². The molecule has 0 aromatic heterocycles. The highest BCUT2D eigenvalue weighted by atomic mass is 16.5. The van der Waals surface area contributed by atoms with Crippen molar-refractivity contribution in [2.45, 2.75) is 44.8 Å². The van der Waals surface area contributed by atoms with Crippen molar-refractivity contribution in [3.63, 3.8) is 0 Å². The number of hydrogen-bond donors (Lipinski definition) is 1. The van der Waals surface area contributed by atoms with Crippen molar-refractivity contribution in [2.75, 3.05) is 26.4 Å². The highest BCUT2D eigenvalue weighted by Crippen LogP contribution is 2.31. The lowest BCUT2D eigenvalue weighted by Gasteiger charge is -2.37. The van der Waals surface area contributed by atoms with Gasteiger partial charge in [0.2, 0.25) is 0 Å². The van der Waals surface area contributed by atoms with Crippen LogP contribution in [-0.4, -0.2) is 54.4 Å². The Morgan fingerprint density at radius 3 is 3.08 bits per heavy atom. The van der Waals surface area contributed by atoms with E-state index in [2.05, 4.69) is 6.92 Å². The number of rotatable bonds is 5. The maximum atomic E-state index is 13.0. The third-order valence-corrected chi connectivity index (χ3v) is 4.97. The molecule has 2 fully saturated rings. The van der Waals surface area contributed by atoms with Crippen LogP contribution in [0.1, 0.15) is 43.0 Å². The first-order chi connectivity index (χ1) is 11.7. The number of ether oxygens (including phenoxy) is 2. The van der Waals surface area contributed by atoms with Gasteiger partial charge >= 0.3 is 0 Å². The Bertz CT molecular complexity index is 562. The monoisotopic (exact) mass is 333 g/mol. The molecule has 2 saturated heterocycles. The Balaban J connectivity index is 1.73. The third kappa shape index (κ3) is 3.73. The van der Waals surface area contributed by atoms with E-state index in [0.717, 1.165) is 31.6 Å². The van der Waals surface area contributed by atoms with E-state index in [4.69, 9.17) is 9.47 Å². The Hall–Kier alpha value is -1.59. The summed E-state index contributed by atoms with van der Waals surface area (Å²) in [5.41, 5.74) is 0.654.